The van der Waals surface area contributed by atoms with Crippen molar-refractivity contribution in [2.45, 2.75) is 12.8 Å². The third-order valence-corrected chi connectivity index (χ3v) is 4.21. The molecule has 0 unspecified atom stereocenters. The predicted octanol–water partition coefficient (Wildman–Crippen LogP) is 3.92. The molecule has 3 aromatic rings. The van der Waals surface area contributed by atoms with Crippen LogP contribution in [0.1, 0.15) is 23.1 Å². The van der Waals surface area contributed by atoms with E-state index in [1.165, 1.54) is 0 Å². The molecule has 1 heterocycles. The van der Waals surface area contributed by atoms with E-state index in [4.69, 9.17) is 10.5 Å². The summed E-state index contributed by atoms with van der Waals surface area (Å²) < 4.78 is 5.80. The van der Waals surface area contributed by atoms with E-state index >= 15 is 0 Å². The molecule has 0 spiro atoms. The lowest BCUT2D eigenvalue weighted by Gasteiger charge is -2.08. The number of aryl methyl sites for hydroxylation is 1. The van der Waals surface area contributed by atoms with Crippen molar-refractivity contribution < 1.29 is 19.4 Å². The average Bonchev–Trinajstić information content (AvgIpc) is 2.73. The van der Waals surface area contributed by atoms with Gasteiger partial charge in [-0.2, -0.15) is 0 Å². The van der Waals surface area contributed by atoms with Gasteiger partial charge in [0, 0.05) is 18.8 Å². The van der Waals surface area contributed by atoms with E-state index in [1.807, 2.05) is 24.3 Å². The fraction of sp³-hybridized carbons (Fsp3) is 0.0870. The second kappa shape index (κ2) is 9.32. The number of carboxylic acids is 1. The first-order valence-corrected chi connectivity index (χ1v) is 9.02. The molecule has 0 saturated carbocycles. The Kier molecular flexibility index (Phi) is 6.37. The van der Waals surface area contributed by atoms with Crippen LogP contribution in [0.4, 0.5) is 0 Å². The Morgan fingerprint density at radius 1 is 1.00 bits per heavy atom. The number of hydrogen-bond acceptors (Lipinski definition) is 4. The summed E-state index contributed by atoms with van der Waals surface area (Å²) in [6.07, 6.45) is 5.71. The van der Waals surface area contributed by atoms with Gasteiger partial charge in [-0.15, -0.1) is 0 Å². The third-order valence-electron chi connectivity index (χ3n) is 4.21. The third kappa shape index (κ3) is 5.77. The maximum Gasteiger partial charge on any atom is 0.336 e. The van der Waals surface area contributed by atoms with Gasteiger partial charge in [0.15, 0.2) is 0 Å². The van der Waals surface area contributed by atoms with Gasteiger partial charge in [0.25, 0.3) is 0 Å². The van der Waals surface area contributed by atoms with Crippen LogP contribution in [0.3, 0.4) is 0 Å². The van der Waals surface area contributed by atoms with E-state index in [1.54, 1.807) is 54.9 Å². The Morgan fingerprint density at radius 3 is 2.21 bits per heavy atom. The molecular weight excluding hydrogens is 368 g/mol. The summed E-state index contributed by atoms with van der Waals surface area (Å²) in [5.41, 5.74) is 7.60. The highest BCUT2D eigenvalue weighted by Gasteiger charge is 2.11. The minimum Gasteiger partial charge on any atom is -0.478 e. The maximum atomic E-state index is 11.7. The van der Waals surface area contributed by atoms with E-state index in [-0.39, 0.29) is 11.5 Å². The molecule has 0 aliphatic rings. The Morgan fingerprint density at radius 2 is 1.66 bits per heavy atom. The molecule has 3 N–H and O–H groups in total. The van der Waals surface area contributed by atoms with Gasteiger partial charge in [-0.25, -0.2) is 4.79 Å². The molecule has 6 heteroatoms. The molecule has 29 heavy (non-hydrogen) atoms. The number of benzene rings is 2. The van der Waals surface area contributed by atoms with E-state index in [2.05, 4.69) is 4.98 Å². The lowest BCUT2D eigenvalue weighted by molar-refractivity contribution is -0.130. The number of ether oxygens (including phenoxy) is 1. The Bertz CT molecular complexity index is 1010. The number of nitrogens with zero attached hydrogens (tertiary/aromatic N) is 1. The fourth-order valence-corrected chi connectivity index (χ4v) is 2.73. The number of pyridine rings is 1. The molecule has 0 aliphatic carbocycles. The maximum absolute atomic E-state index is 11.7. The zero-order valence-electron chi connectivity index (χ0n) is 15.6. The number of hydrogen-bond donors (Lipinski definition) is 2. The standard InChI is InChI=1S/C23H20N2O4/c24-22(26)12-5-16-3-8-19(9-4-16)29-20-10-6-18(7-11-20)21(23(27)28)14-17-2-1-13-25-15-17/h1-4,6-11,13-15H,5,12H2,(H2,24,26)(H,27,28). The molecule has 0 bridgehead atoms. The molecule has 6 nitrogen and oxygen atoms in total. The monoisotopic (exact) mass is 388 g/mol. The minimum absolute atomic E-state index is 0.170. The van der Waals surface area contributed by atoms with Crippen LogP contribution < -0.4 is 10.5 Å². The first-order valence-electron chi connectivity index (χ1n) is 9.02. The molecule has 146 valence electrons. The number of carbonyl (C=O) groups excluding carboxylic acids is 1. The van der Waals surface area contributed by atoms with Gasteiger partial charge in [0.2, 0.25) is 5.91 Å². The first-order chi connectivity index (χ1) is 14.0. The Balaban J connectivity index is 1.71. The molecule has 0 fully saturated rings. The summed E-state index contributed by atoms with van der Waals surface area (Å²) in [6, 6.07) is 17.8. The lowest BCUT2D eigenvalue weighted by Crippen LogP contribution is -2.11. The van der Waals surface area contributed by atoms with Gasteiger partial charge in [0.1, 0.15) is 11.5 Å². The molecular formula is C23H20N2O4. The minimum atomic E-state index is -1.02. The van der Waals surface area contributed by atoms with Gasteiger partial charge in [-0.1, -0.05) is 30.3 Å². The summed E-state index contributed by atoms with van der Waals surface area (Å²) in [7, 11) is 0. The zero-order chi connectivity index (χ0) is 20.6. The van der Waals surface area contributed by atoms with E-state index in [9.17, 15) is 14.7 Å². The van der Waals surface area contributed by atoms with E-state index in [0.29, 0.717) is 35.5 Å². The molecule has 0 aliphatic heterocycles. The number of amides is 1. The van der Waals surface area contributed by atoms with E-state index < -0.39 is 5.97 Å². The van der Waals surface area contributed by atoms with E-state index in [0.717, 1.165) is 5.56 Å². The summed E-state index contributed by atoms with van der Waals surface area (Å²) in [5, 5.41) is 9.55. The number of primary amides is 1. The average molecular weight is 388 g/mol. The largest absolute Gasteiger partial charge is 0.478 e. The van der Waals surface area contributed by atoms with Crippen LogP contribution in [-0.2, 0) is 16.0 Å². The molecule has 0 radical (unpaired) electrons. The highest BCUT2D eigenvalue weighted by Crippen LogP contribution is 2.25. The van der Waals surface area contributed by atoms with Gasteiger partial charge < -0.3 is 15.6 Å². The summed E-state index contributed by atoms with van der Waals surface area (Å²) in [5.74, 6) is -0.118. The highest BCUT2D eigenvalue weighted by atomic mass is 16.5. The number of rotatable bonds is 8. The predicted molar refractivity (Wildman–Crippen MR) is 110 cm³/mol. The number of nitrogens with two attached hydrogens (primary N) is 1. The van der Waals surface area contributed by atoms with Gasteiger partial charge in [-0.05, 0) is 59.5 Å². The van der Waals surface area contributed by atoms with Gasteiger partial charge in [0.05, 0.1) is 5.57 Å². The van der Waals surface area contributed by atoms with Crippen molar-refractivity contribution in [3.63, 3.8) is 0 Å². The van der Waals surface area contributed by atoms with Gasteiger partial charge >= 0.3 is 5.97 Å². The van der Waals surface area contributed by atoms with Crippen LogP contribution >= 0.6 is 0 Å². The van der Waals surface area contributed by atoms with Crippen LogP contribution in [0.2, 0.25) is 0 Å². The van der Waals surface area contributed by atoms with Crippen molar-refractivity contribution in [1.82, 2.24) is 4.98 Å². The highest BCUT2D eigenvalue weighted by molar-refractivity contribution is 6.20. The molecule has 3 rings (SSSR count). The van der Waals surface area contributed by atoms with Crippen LogP contribution in [-0.4, -0.2) is 22.0 Å². The Hall–Kier alpha value is -3.93. The number of carboxylic acid groups (broad SMARTS) is 1. The van der Waals surface area contributed by atoms with Gasteiger partial charge in [-0.3, -0.25) is 9.78 Å². The summed E-state index contributed by atoms with van der Waals surface area (Å²) in [4.78, 5) is 26.5. The van der Waals surface area contributed by atoms with Crippen LogP contribution in [0.5, 0.6) is 11.5 Å². The lowest BCUT2D eigenvalue weighted by atomic mass is 10.0. The van der Waals surface area contributed by atoms with Crippen LogP contribution in [0, 0.1) is 0 Å². The van der Waals surface area contributed by atoms with Crippen molar-refractivity contribution in [1.29, 1.82) is 0 Å². The molecule has 0 atom stereocenters. The summed E-state index contributed by atoms with van der Waals surface area (Å²) in [6.45, 7) is 0. The molecule has 2 aromatic carbocycles. The fourth-order valence-electron chi connectivity index (χ4n) is 2.73. The zero-order valence-corrected chi connectivity index (χ0v) is 15.6. The SMILES string of the molecule is NC(=O)CCc1ccc(Oc2ccc(C(=Cc3cccnc3)C(=O)O)cc2)cc1. The number of aromatic nitrogens is 1. The van der Waals surface area contributed by atoms with Crippen LogP contribution in [0.15, 0.2) is 73.1 Å². The van der Waals surface area contributed by atoms with Crippen molar-refractivity contribution in [3.05, 3.63) is 89.7 Å². The second-order valence-electron chi connectivity index (χ2n) is 6.39. The smallest absolute Gasteiger partial charge is 0.336 e. The van der Waals surface area contributed by atoms with Crippen molar-refractivity contribution in [2.24, 2.45) is 5.73 Å². The summed E-state index contributed by atoms with van der Waals surface area (Å²) >= 11 is 0. The quantitative estimate of drug-likeness (QED) is 0.570. The molecule has 1 amide bonds. The van der Waals surface area contributed by atoms with Crippen molar-refractivity contribution in [3.8, 4) is 11.5 Å². The van der Waals surface area contributed by atoms with Crippen molar-refractivity contribution >= 4 is 23.5 Å². The first kappa shape index (κ1) is 19.8. The molecule has 1 aromatic heterocycles. The topological polar surface area (TPSA) is 103 Å². The normalized spacial score (nSPS) is 11.1. The van der Waals surface area contributed by atoms with Crippen LogP contribution in [0.25, 0.3) is 11.6 Å². The van der Waals surface area contributed by atoms with Crippen molar-refractivity contribution in [2.75, 3.05) is 0 Å². The molecule has 0 saturated heterocycles. The second-order valence-corrected chi connectivity index (χ2v) is 6.39. The number of aliphatic carboxylic acids is 1. The Labute approximate surface area is 168 Å². The number of carbonyl (C=O) groups is 2.